The van der Waals surface area contributed by atoms with Gasteiger partial charge >= 0.3 is 0 Å². The molecule has 17 heavy (non-hydrogen) atoms. The number of rotatable bonds is 3. The van der Waals surface area contributed by atoms with Crippen molar-refractivity contribution >= 4 is 18.0 Å². The molecule has 0 aliphatic rings. The molecule has 4 heteroatoms. The molecule has 0 bridgehead atoms. The van der Waals surface area contributed by atoms with Crippen LogP contribution in [0.5, 0.6) is 0 Å². The quantitative estimate of drug-likeness (QED) is 0.778. The summed E-state index contributed by atoms with van der Waals surface area (Å²) >= 11 is 1.47. The first-order chi connectivity index (χ1) is 8.10. The fraction of sp³-hybridized carbons (Fsp3) is 0.231. The molecule has 2 aromatic rings. The summed E-state index contributed by atoms with van der Waals surface area (Å²) in [5.41, 5.74) is 2.65. The molecule has 0 aliphatic carbocycles. The summed E-state index contributed by atoms with van der Waals surface area (Å²) in [6.45, 7) is 5.79. The highest BCUT2D eigenvalue weighted by Crippen LogP contribution is 2.30. The Bertz CT molecular complexity index is 541. The first-order valence-electron chi connectivity index (χ1n) is 5.28. The SMILES string of the molecule is Cc1cc(C=O)ccc1Sc1nc(C)c(C)o1. The summed E-state index contributed by atoms with van der Waals surface area (Å²) in [7, 11) is 0. The lowest BCUT2D eigenvalue weighted by molar-refractivity contribution is 0.112. The van der Waals surface area contributed by atoms with Gasteiger partial charge in [0.25, 0.3) is 5.22 Å². The molecule has 0 atom stereocenters. The summed E-state index contributed by atoms with van der Waals surface area (Å²) < 4.78 is 5.51. The second-order valence-electron chi connectivity index (χ2n) is 3.87. The lowest BCUT2D eigenvalue weighted by atomic mass is 10.2. The van der Waals surface area contributed by atoms with Crippen molar-refractivity contribution in [2.24, 2.45) is 0 Å². The normalized spacial score (nSPS) is 10.5. The summed E-state index contributed by atoms with van der Waals surface area (Å²) in [6.07, 6.45) is 0.848. The van der Waals surface area contributed by atoms with Crippen LogP contribution in [0.2, 0.25) is 0 Å². The molecular weight excluding hydrogens is 234 g/mol. The van der Waals surface area contributed by atoms with E-state index in [9.17, 15) is 4.79 Å². The van der Waals surface area contributed by atoms with Crippen molar-refractivity contribution in [3.63, 3.8) is 0 Å². The molecule has 1 aromatic carbocycles. The molecule has 0 unspecified atom stereocenters. The molecule has 0 aliphatic heterocycles. The van der Waals surface area contributed by atoms with Crippen molar-refractivity contribution in [2.45, 2.75) is 30.9 Å². The lowest BCUT2D eigenvalue weighted by Gasteiger charge is -2.02. The Hall–Kier alpha value is -1.55. The van der Waals surface area contributed by atoms with E-state index in [1.54, 1.807) is 6.07 Å². The lowest BCUT2D eigenvalue weighted by Crippen LogP contribution is -1.85. The molecule has 88 valence electrons. The van der Waals surface area contributed by atoms with Crippen LogP contribution in [-0.2, 0) is 0 Å². The Labute approximate surface area is 104 Å². The van der Waals surface area contributed by atoms with Gasteiger partial charge in [0.05, 0.1) is 5.69 Å². The molecule has 0 saturated carbocycles. The maximum atomic E-state index is 10.6. The fourth-order valence-electron chi connectivity index (χ4n) is 1.44. The van der Waals surface area contributed by atoms with Gasteiger partial charge < -0.3 is 4.42 Å². The van der Waals surface area contributed by atoms with Crippen LogP contribution >= 0.6 is 11.8 Å². The molecule has 0 fully saturated rings. The molecule has 1 heterocycles. The number of aromatic nitrogens is 1. The van der Waals surface area contributed by atoms with E-state index in [1.165, 1.54) is 11.8 Å². The van der Waals surface area contributed by atoms with Gasteiger partial charge in [0, 0.05) is 10.5 Å². The Balaban J connectivity index is 2.27. The highest BCUT2D eigenvalue weighted by molar-refractivity contribution is 7.99. The molecule has 0 spiro atoms. The van der Waals surface area contributed by atoms with Crippen LogP contribution in [0.15, 0.2) is 32.7 Å². The number of nitrogens with zero attached hydrogens (tertiary/aromatic N) is 1. The highest BCUT2D eigenvalue weighted by atomic mass is 32.2. The van der Waals surface area contributed by atoms with Gasteiger partial charge in [-0.1, -0.05) is 6.07 Å². The molecule has 3 nitrogen and oxygen atoms in total. The Morgan fingerprint density at radius 2 is 2.06 bits per heavy atom. The molecule has 1 aromatic heterocycles. The largest absolute Gasteiger partial charge is 0.436 e. The second kappa shape index (κ2) is 4.75. The highest BCUT2D eigenvalue weighted by Gasteiger charge is 2.09. The predicted octanol–water partition coefficient (Wildman–Crippen LogP) is 3.56. The van der Waals surface area contributed by atoms with Crippen LogP contribution in [0.1, 0.15) is 27.4 Å². The van der Waals surface area contributed by atoms with Crippen LogP contribution < -0.4 is 0 Å². The number of benzene rings is 1. The number of carbonyl (C=O) groups is 1. The summed E-state index contributed by atoms with van der Waals surface area (Å²) in [5, 5.41) is 0.641. The average molecular weight is 247 g/mol. The van der Waals surface area contributed by atoms with E-state index in [0.29, 0.717) is 10.8 Å². The van der Waals surface area contributed by atoms with E-state index in [-0.39, 0.29) is 0 Å². The van der Waals surface area contributed by atoms with E-state index in [2.05, 4.69) is 4.98 Å². The van der Waals surface area contributed by atoms with Gasteiger partial charge in [-0.25, -0.2) is 4.98 Å². The average Bonchev–Trinajstić information content (AvgIpc) is 2.61. The monoisotopic (exact) mass is 247 g/mol. The first-order valence-corrected chi connectivity index (χ1v) is 6.09. The molecule has 0 radical (unpaired) electrons. The number of aryl methyl sites for hydroxylation is 3. The number of carbonyl (C=O) groups excluding carboxylic acids is 1. The van der Waals surface area contributed by atoms with Crippen LogP contribution in [-0.4, -0.2) is 11.3 Å². The minimum absolute atomic E-state index is 0.641. The number of hydrogen-bond acceptors (Lipinski definition) is 4. The number of aldehydes is 1. The maximum absolute atomic E-state index is 10.6. The van der Waals surface area contributed by atoms with E-state index in [4.69, 9.17) is 4.42 Å². The molecule has 2 rings (SSSR count). The number of oxazole rings is 1. The van der Waals surface area contributed by atoms with Gasteiger partial charge in [0.1, 0.15) is 12.0 Å². The van der Waals surface area contributed by atoms with Gasteiger partial charge in [0.15, 0.2) is 0 Å². The smallest absolute Gasteiger partial charge is 0.261 e. The van der Waals surface area contributed by atoms with E-state index >= 15 is 0 Å². The first kappa shape index (κ1) is 11.9. The van der Waals surface area contributed by atoms with Crippen molar-refractivity contribution in [2.75, 3.05) is 0 Å². The van der Waals surface area contributed by atoms with Crippen LogP contribution in [0.3, 0.4) is 0 Å². The summed E-state index contributed by atoms with van der Waals surface area (Å²) in [4.78, 5) is 16.0. The predicted molar refractivity (Wildman–Crippen MR) is 66.7 cm³/mol. The third kappa shape index (κ3) is 2.58. The molecular formula is C13H13NO2S. The minimum Gasteiger partial charge on any atom is -0.436 e. The van der Waals surface area contributed by atoms with Crippen LogP contribution in [0.4, 0.5) is 0 Å². The van der Waals surface area contributed by atoms with Crippen molar-refractivity contribution < 1.29 is 9.21 Å². The molecule has 0 N–H and O–H groups in total. The third-order valence-corrected chi connectivity index (χ3v) is 3.57. The van der Waals surface area contributed by atoms with E-state index in [0.717, 1.165) is 28.2 Å². The summed E-state index contributed by atoms with van der Waals surface area (Å²) in [5.74, 6) is 0.842. The number of hydrogen-bond donors (Lipinski definition) is 0. The van der Waals surface area contributed by atoms with Gasteiger partial charge in [-0.05, 0) is 50.2 Å². The zero-order valence-electron chi connectivity index (χ0n) is 9.98. The van der Waals surface area contributed by atoms with Crippen LogP contribution in [0.25, 0.3) is 0 Å². The Morgan fingerprint density at radius 1 is 1.29 bits per heavy atom. The van der Waals surface area contributed by atoms with Crippen molar-refractivity contribution in [1.29, 1.82) is 0 Å². The fourth-order valence-corrected chi connectivity index (χ4v) is 2.33. The topological polar surface area (TPSA) is 43.1 Å². The van der Waals surface area contributed by atoms with E-state index in [1.807, 2.05) is 32.9 Å². The zero-order chi connectivity index (χ0) is 12.4. The Kier molecular flexibility index (Phi) is 3.33. The molecule has 0 saturated heterocycles. The van der Waals surface area contributed by atoms with Gasteiger partial charge in [0.2, 0.25) is 0 Å². The van der Waals surface area contributed by atoms with Crippen molar-refractivity contribution in [1.82, 2.24) is 4.98 Å². The molecule has 0 amide bonds. The van der Waals surface area contributed by atoms with E-state index < -0.39 is 0 Å². The standard InChI is InChI=1S/C13H13NO2S/c1-8-6-11(7-15)4-5-12(8)17-13-14-9(2)10(3)16-13/h4-7H,1-3H3. The van der Waals surface area contributed by atoms with Crippen molar-refractivity contribution in [3.05, 3.63) is 40.8 Å². The van der Waals surface area contributed by atoms with Crippen molar-refractivity contribution in [3.8, 4) is 0 Å². The Morgan fingerprint density at radius 3 is 2.59 bits per heavy atom. The summed E-state index contributed by atoms with van der Waals surface area (Å²) in [6, 6.07) is 5.57. The van der Waals surface area contributed by atoms with Crippen LogP contribution in [0, 0.1) is 20.8 Å². The van der Waals surface area contributed by atoms with Gasteiger partial charge in [-0.3, -0.25) is 4.79 Å². The van der Waals surface area contributed by atoms with Gasteiger partial charge in [-0.15, -0.1) is 0 Å². The second-order valence-corrected chi connectivity index (χ2v) is 4.86. The maximum Gasteiger partial charge on any atom is 0.261 e. The van der Waals surface area contributed by atoms with Gasteiger partial charge in [-0.2, -0.15) is 0 Å². The third-order valence-electron chi connectivity index (χ3n) is 2.54. The minimum atomic E-state index is 0.641. The zero-order valence-corrected chi connectivity index (χ0v) is 10.8.